The number of benzene rings is 2. The summed E-state index contributed by atoms with van der Waals surface area (Å²) in [5.74, 6) is 3.26. The molecule has 190 valence electrons. The Morgan fingerprint density at radius 2 is 2.05 bits per heavy atom. The first-order chi connectivity index (χ1) is 18.2. The fourth-order valence-electron chi connectivity index (χ4n) is 6.18. The number of hydrogen-bond acceptors (Lipinski definition) is 6. The fraction of sp³-hybridized carbons (Fsp3) is 0.367. The van der Waals surface area contributed by atoms with E-state index in [1.54, 1.807) is 6.20 Å². The lowest BCUT2D eigenvalue weighted by atomic mass is 9.93. The van der Waals surface area contributed by atoms with E-state index in [4.69, 9.17) is 4.74 Å². The van der Waals surface area contributed by atoms with Crippen LogP contribution in [-0.2, 0) is 12.8 Å². The number of rotatable bonds is 5. The summed E-state index contributed by atoms with van der Waals surface area (Å²) in [6, 6.07) is 17.1. The van der Waals surface area contributed by atoms with Crippen LogP contribution in [0.2, 0.25) is 0 Å². The summed E-state index contributed by atoms with van der Waals surface area (Å²) in [4.78, 5) is 10.4. The van der Waals surface area contributed by atoms with Crippen LogP contribution in [0.4, 0.5) is 17.1 Å². The van der Waals surface area contributed by atoms with Crippen LogP contribution in [0.25, 0.3) is 10.9 Å². The number of ether oxygens (including phenoxy) is 1. The molecule has 1 spiro atoms. The molecule has 0 radical (unpaired) electrons. The van der Waals surface area contributed by atoms with Crippen molar-refractivity contribution in [1.82, 2.24) is 9.97 Å². The van der Waals surface area contributed by atoms with Crippen LogP contribution >= 0.6 is 11.8 Å². The number of aromatic amines is 1. The predicted molar refractivity (Wildman–Crippen MR) is 151 cm³/mol. The van der Waals surface area contributed by atoms with Gasteiger partial charge in [-0.3, -0.25) is 4.98 Å². The van der Waals surface area contributed by atoms with Gasteiger partial charge in [0.2, 0.25) is 0 Å². The number of nitrogens with zero attached hydrogens (tertiary/aromatic N) is 2. The Labute approximate surface area is 221 Å². The molecule has 2 aromatic carbocycles. The molecule has 7 heteroatoms. The summed E-state index contributed by atoms with van der Waals surface area (Å²) in [5, 5.41) is 15.2. The van der Waals surface area contributed by atoms with Crippen molar-refractivity contribution >= 4 is 39.7 Å². The molecular formula is C30H32N4O2S. The first kappa shape index (κ1) is 23.0. The van der Waals surface area contributed by atoms with Gasteiger partial charge in [0.1, 0.15) is 11.4 Å². The zero-order valence-corrected chi connectivity index (χ0v) is 21.7. The Balaban J connectivity index is 1.18. The second kappa shape index (κ2) is 9.30. The molecule has 0 saturated carbocycles. The van der Waals surface area contributed by atoms with Crippen LogP contribution < -0.4 is 15.0 Å². The van der Waals surface area contributed by atoms with Gasteiger partial charge in [0.15, 0.2) is 0 Å². The van der Waals surface area contributed by atoms with E-state index in [0.29, 0.717) is 0 Å². The number of H-pyrrole nitrogens is 1. The van der Waals surface area contributed by atoms with E-state index in [0.717, 1.165) is 85.1 Å². The molecular weight excluding hydrogens is 480 g/mol. The summed E-state index contributed by atoms with van der Waals surface area (Å²) < 4.78 is 6.83. The Hall–Kier alpha value is -3.16. The van der Waals surface area contributed by atoms with Gasteiger partial charge < -0.3 is 25.0 Å². The lowest BCUT2D eigenvalue weighted by molar-refractivity contribution is 0.0573. The summed E-state index contributed by atoms with van der Waals surface area (Å²) in [7, 11) is 0. The van der Waals surface area contributed by atoms with Crippen LogP contribution in [-0.4, -0.2) is 45.3 Å². The number of thioether (sulfide) groups is 1. The first-order valence-corrected chi connectivity index (χ1v) is 14.5. The second-order valence-electron chi connectivity index (χ2n) is 10.5. The smallest absolute Gasteiger partial charge is 0.145 e. The molecule has 4 heterocycles. The fourth-order valence-corrected chi connectivity index (χ4v) is 7.42. The van der Waals surface area contributed by atoms with Crippen LogP contribution in [0.3, 0.4) is 0 Å². The summed E-state index contributed by atoms with van der Waals surface area (Å²) in [5.41, 5.74) is 7.57. The molecule has 4 aromatic rings. The van der Waals surface area contributed by atoms with Gasteiger partial charge in [0.25, 0.3) is 0 Å². The molecule has 0 bridgehead atoms. The maximum absolute atomic E-state index is 10.3. The average molecular weight is 513 g/mol. The number of fused-ring (bicyclic) bond motifs is 3. The molecule has 37 heavy (non-hydrogen) atoms. The third-order valence-corrected chi connectivity index (χ3v) is 9.17. The van der Waals surface area contributed by atoms with E-state index >= 15 is 0 Å². The summed E-state index contributed by atoms with van der Waals surface area (Å²) in [6.07, 6.45) is 8.21. The molecule has 1 aliphatic carbocycles. The van der Waals surface area contributed by atoms with Crippen LogP contribution in [0.15, 0.2) is 60.9 Å². The van der Waals surface area contributed by atoms with Crippen molar-refractivity contribution in [2.75, 3.05) is 34.8 Å². The SMILES string of the molecule is OC1CCc2c(Nc3ccc4c(c3)OC3(CCSCC3)CN4CCc3c[nH]c4ccccc34)ccnc21. The summed E-state index contributed by atoms with van der Waals surface area (Å²) in [6.45, 7) is 1.89. The van der Waals surface area contributed by atoms with Crippen LogP contribution in [0, 0.1) is 0 Å². The molecule has 6 nitrogen and oxygen atoms in total. The Bertz CT molecular complexity index is 1440. The maximum atomic E-state index is 10.3. The molecule has 3 aliphatic rings. The molecule has 1 saturated heterocycles. The van der Waals surface area contributed by atoms with Crippen molar-refractivity contribution in [3.8, 4) is 5.75 Å². The minimum atomic E-state index is -0.460. The van der Waals surface area contributed by atoms with E-state index in [2.05, 4.69) is 68.8 Å². The molecule has 2 aromatic heterocycles. The van der Waals surface area contributed by atoms with Gasteiger partial charge in [-0.2, -0.15) is 11.8 Å². The Morgan fingerprint density at radius 1 is 1.16 bits per heavy atom. The maximum Gasteiger partial charge on any atom is 0.145 e. The van der Waals surface area contributed by atoms with Gasteiger partial charge >= 0.3 is 0 Å². The highest BCUT2D eigenvalue weighted by molar-refractivity contribution is 7.99. The third kappa shape index (κ3) is 4.24. The van der Waals surface area contributed by atoms with Crippen molar-refractivity contribution in [2.45, 2.75) is 43.8 Å². The van der Waals surface area contributed by atoms with E-state index < -0.39 is 6.10 Å². The van der Waals surface area contributed by atoms with Crippen LogP contribution in [0.1, 0.15) is 42.2 Å². The quantitative estimate of drug-likeness (QED) is 0.305. The molecule has 7 rings (SSSR count). The van der Waals surface area contributed by atoms with E-state index in [9.17, 15) is 5.11 Å². The van der Waals surface area contributed by atoms with Gasteiger partial charge in [0, 0.05) is 47.3 Å². The average Bonchev–Trinajstić information content (AvgIpc) is 3.51. The number of nitrogens with one attached hydrogen (secondary N) is 2. The predicted octanol–water partition coefficient (Wildman–Crippen LogP) is 5.99. The van der Waals surface area contributed by atoms with Gasteiger partial charge in [-0.1, -0.05) is 18.2 Å². The molecule has 1 unspecified atom stereocenters. The van der Waals surface area contributed by atoms with Crippen molar-refractivity contribution in [2.24, 2.45) is 0 Å². The number of para-hydroxylation sites is 1. The molecule has 3 N–H and O–H groups in total. The summed E-state index contributed by atoms with van der Waals surface area (Å²) >= 11 is 2.03. The normalized spacial score (nSPS) is 20.0. The topological polar surface area (TPSA) is 73.4 Å². The number of anilines is 3. The number of aromatic nitrogens is 2. The van der Waals surface area contributed by atoms with Crippen molar-refractivity contribution in [1.29, 1.82) is 0 Å². The minimum absolute atomic E-state index is 0.126. The lowest BCUT2D eigenvalue weighted by Crippen LogP contribution is -2.53. The minimum Gasteiger partial charge on any atom is -0.483 e. The second-order valence-corrected chi connectivity index (χ2v) is 11.7. The van der Waals surface area contributed by atoms with Crippen molar-refractivity contribution < 1.29 is 9.84 Å². The first-order valence-electron chi connectivity index (χ1n) is 13.3. The van der Waals surface area contributed by atoms with E-state index in [1.807, 2.05) is 17.8 Å². The van der Waals surface area contributed by atoms with Gasteiger partial charge in [0.05, 0.1) is 24.0 Å². The van der Waals surface area contributed by atoms with E-state index in [-0.39, 0.29) is 5.60 Å². The highest BCUT2D eigenvalue weighted by Crippen LogP contribution is 2.44. The number of pyridine rings is 1. The highest BCUT2D eigenvalue weighted by Gasteiger charge is 2.41. The number of hydrogen-bond donors (Lipinski definition) is 3. The van der Waals surface area contributed by atoms with Gasteiger partial charge in [-0.05, 0) is 79.0 Å². The Kier molecular flexibility index (Phi) is 5.78. The van der Waals surface area contributed by atoms with Gasteiger partial charge in [-0.15, -0.1) is 0 Å². The zero-order chi connectivity index (χ0) is 24.8. The van der Waals surface area contributed by atoms with E-state index in [1.165, 1.54) is 22.2 Å². The largest absolute Gasteiger partial charge is 0.483 e. The van der Waals surface area contributed by atoms with Crippen molar-refractivity contribution in [3.05, 3.63) is 77.7 Å². The van der Waals surface area contributed by atoms with Gasteiger partial charge in [-0.25, -0.2) is 0 Å². The number of aliphatic hydroxyl groups excluding tert-OH is 1. The standard InChI is InChI=1S/C30H32N4O2S/c35-27-8-6-23-25(9-13-31-29(23)27)33-21-5-7-26-28(17-21)36-30(11-15-37-16-12-30)19-34(26)14-10-20-18-32-24-4-2-1-3-22(20)24/h1-5,7,9,13,17-18,27,32,35H,6,8,10-12,14-16,19H2,(H,31,33). The highest BCUT2D eigenvalue weighted by atomic mass is 32.2. The molecule has 1 fully saturated rings. The number of aliphatic hydroxyl groups is 1. The monoisotopic (exact) mass is 512 g/mol. The third-order valence-electron chi connectivity index (χ3n) is 8.19. The molecule has 1 atom stereocenters. The van der Waals surface area contributed by atoms with Crippen LogP contribution in [0.5, 0.6) is 5.75 Å². The molecule has 0 amide bonds. The Morgan fingerprint density at radius 3 is 2.97 bits per heavy atom. The lowest BCUT2D eigenvalue weighted by Gasteiger charge is -2.46. The zero-order valence-electron chi connectivity index (χ0n) is 20.9. The van der Waals surface area contributed by atoms with Crippen molar-refractivity contribution in [3.63, 3.8) is 0 Å². The molecule has 2 aliphatic heterocycles.